The number of hydrogen-bond acceptors (Lipinski definition) is 5. The van der Waals surface area contributed by atoms with Crippen molar-refractivity contribution < 1.29 is 32.6 Å². The van der Waals surface area contributed by atoms with Crippen molar-refractivity contribution in [1.82, 2.24) is 0 Å². The molecule has 0 fully saturated rings. The molecule has 0 heterocycles. The molecule has 0 radical (unpaired) electrons. The lowest BCUT2D eigenvalue weighted by molar-refractivity contribution is -0.325. The maximum Gasteiger partial charge on any atom is 0.522 e. The quantitative estimate of drug-likeness (QED) is 0.265. The first-order valence-electron chi connectivity index (χ1n) is 5.95. The van der Waals surface area contributed by atoms with Crippen molar-refractivity contribution in [2.45, 2.75) is 13.3 Å². The summed E-state index contributed by atoms with van der Waals surface area (Å²) in [5, 5.41) is 11.4. The van der Waals surface area contributed by atoms with Crippen molar-refractivity contribution in [2.24, 2.45) is 10.9 Å². The lowest BCUT2D eigenvalue weighted by Gasteiger charge is -2.13. The molecule has 9 heteroatoms. The van der Waals surface area contributed by atoms with Crippen LogP contribution in [0.15, 0.2) is 23.4 Å². The molecule has 0 unspecified atom stereocenters. The first-order chi connectivity index (χ1) is 9.87. The van der Waals surface area contributed by atoms with E-state index in [2.05, 4.69) is 9.89 Å². The molecule has 0 aromatic heterocycles. The van der Waals surface area contributed by atoms with Gasteiger partial charge in [-0.05, 0) is 25.1 Å². The highest BCUT2D eigenvalue weighted by Gasteiger charge is 2.28. The number of halogens is 3. The van der Waals surface area contributed by atoms with Gasteiger partial charge in [0.05, 0.1) is 13.2 Å². The summed E-state index contributed by atoms with van der Waals surface area (Å²) in [6.45, 7) is 1.10. The van der Waals surface area contributed by atoms with Gasteiger partial charge in [-0.1, -0.05) is 5.16 Å². The van der Waals surface area contributed by atoms with Gasteiger partial charge in [0.2, 0.25) is 0 Å². The maximum atomic E-state index is 11.8. The van der Waals surface area contributed by atoms with Gasteiger partial charge < -0.3 is 20.4 Å². The molecule has 0 saturated heterocycles. The Hall–Kier alpha value is -2.16. The number of nitrogens with two attached hydrogens (primary N) is 1. The van der Waals surface area contributed by atoms with Crippen molar-refractivity contribution in [1.29, 1.82) is 0 Å². The second-order valence-electron chi connectivity index (χ2n) is 3.72. The van der Waals surface area contributed by atoms with Gasteiger partial charge in [0.25, 0.3) is 0 Å². The molecule has 0 aliphatic carbocycles. The zero-order valence-electron chi connectivity index (χ0n) is 11.2. The predicted molar refractivity (Wildman–Crippen MR) is 67.6 cm³/mol. The van der Waals surface area contributed by atoms with Gasteiger partial charge in [0.1, 0.15) is 6.61 Å². The van der Waals surface area contributed by atoms with Crippen LogP contribution in [-0.2, 0) is 4.74 Å². The highest BCUT2D eigenvalue weighted by molar-refractivity contribution is 5.97. The van der Waals surface area contributed by atoms with Crippen LogP contribution in [0.4, 0.5) is 13.2 Å². The Balaban J connectivity index is 2.72. The molecule has 0 aliphatic rings. The van der Waals surface area contributed by atoms with E-state index in [1.54, 1.807) is 6.92 Å². The molecular weight excluding hydrogens is 293 g/mol. The topological polar surface area (TPSA) is 86.3 Å². The third-order valence-electron chi connectivity index (χ3n) is 2.25. The van der Waals surface area contributed by atoms with Gasteiger partial charge in [-0.3, -0.25) is 4.74 Å². The van der Waals surface area contributed by atoms with Crippen LogP contribution in [0.2, 0.25) is 0 Å². The van der Waals surface area contributed by atoms with Gasteiger partial charge in [0.15, 0.2) is 17.3 Å². The summed E-state index contributed by atoms with van der Waals surface area (Å²) in [7, 11) is 0. The van der Waals surface area contributed by atoms with Crippen LogP contribution in [-0.4, -0.2) is 37.2 Å². The number of nitrogens with zero attached hydrogens (tertiary/aromatic N) is 1. The lowest BCUT2D eigenvalue weighted by atomic mass is 10.2. The molecule has 1 aromatic carbocycles. The van der Waals surface area contributed by atoms with Crippen LogP contribution in [0.1, 0.15) is 12.5 Å². The van der Waals surface area contributed by atoms with E-state index in [0.29, 0.717) is 12.2 Å². The van der Waals surface area contributed by atoms with Gasteiger partial charge in [0, 0.05) is 5.56 Å². The molecule has 0 amide bonds. The van der Waals surface area contributed by atoms with E-state index < -0.39 is 13.0 Å². The van der Waals surface area contributed by atoms with E-state index in [-0.39, 0.29) is 23.9 Å². The first kappa shape index (κ1) is 16.9. The second kappa shape index (κ2) is 7.58. The third kappa shape index (κ3) is 5.78. The number of benzene rings is 1. The monoisotopic (exact) mass is 308 g/mol. The van der Waals surface area contributed by atoms with Crippen LogP contribution >= 0.6 is 0 Å². The standard InChI is InChI=1S/C12H15F3N2O4/c1-2-19-10-7-8(11(16)17-18)3-4-9(10)20-5-6-21-12(13,14)15/h3-4,7,18H,2,5-6H2,1H3,(H2,16,17). The molecule has 3 N–H and O–H groups in total. The summed E-state index contributed by atoms with van der Waals surface area (Å²) in [5.74, 6) is 0.383. The van der Waals surface area contributed by atoms with Crippen LogP contribution in [0, 0.1) is 0 Å². The van der Waals surface area contributed by atoms with E-state index in [1.807, 2.05) is 0 Å². The Kier molecular flexibility index (Phi) is 6.10. The number of ether oxygens (including phenoxy) is 3. The Morgan fingerprint density at radius 2 is 1.95 bits per heavy atom. The van der Waals surface area contributed by atoms with E-state index in [9.17, 15) is 13.2 Å². The van der Waals surface area contributed by atoms with Crippen molar-refractivity contribution in [3.63, 3.8) is 0 Å². The fourth-order valence-corrected chi connectivity index (χ4v) is 1.42. The van der Waals surface area contributed by atoms with Crippen LogP contribution < -0.4 is 15.2 Å². The van der Waals surface area contributed by atoms with E-state index in [0.717, 1.165) is 0 Å². The van der Waals surface area contributed by atoms with Crippen molar-refractivity contribution in [3.8, 4) is 11.5 Å². The third-order valence-corrected chi connectivity index (χ3v) is 2.25. The smallest absolute Gasteiger partial charge is 0.490 e. The summed E-state index contributed by atoms with van der Waals surface area (Å²) in [5.41, 5.74) is 5.83. The number of alkyl halides is 3. The van der Waals surface area contributed by atoms with Gasteiger partial charge in [-0.25, -0.2) is 0 Å². The Morgan fingerprint density at radius 1 is 1.24 bits per heavy atom. The highest BCUT2D eigenvalue weighted by Crippen LogP contribution is 2.28. The highest BCUT2D eigenvalue weighted by atomic mass is 19.4. The van der Waals surface area contributed by atoms with Crippen molar-refractivity contribution in [3.05, 3.63) is 23.8 Å². The molecule has 118 valence electrons. The Labute approximate surface area is 118 Å². The van der Waals surface area contributed by atoms with E-state index >= 15 is 0 Å². The average molecular weight is 308 g/mol. The van der Waals surface area contributed by atoms with Crippen molar-refractivity contribution in [2.75, 3.05) is 19.8 Å². The minimum atomic E-state index is -4.69. The summed E-state index contributed by atoms with van der Waals surface area (Å²) >= 11 is 0. The lowest BCUT2D eigenvalue weighted by Crippen LogP contribution is -2.18. The fraction of sp³-hybridized carbons (Fsp3) is 0.417. The number of rotatable bonds is 7. The SMILES string of the molecule is CCOc1cc(C(N)=NO)ccc1OCCOC(F)(F)F. The second-order valence-corrected chi connectivity index (χ2v) is 3.72. The summed E-state index contributed by atoms with van der Waals surface area (Å²) in [6.07, 6.45) is -4.69. The number of amidine groups is 1. The summed E-state index contributed by atoms with van der Waals surface area (Å²) in [4.78, 5) is 0. The molecular formula is C12H15F3N2O4. The fourth-order valence-electron chi connectivity index (χ4n) is 1.42. The van der Waals surface area contributed by atoms with Crippen molar-refractivity contribution >= 4 is 5.84 Å². The molecule has 0 aliphatic heterocycles. The first-order valence-corrected chi connectivity index (χ1v) is 5.95. The van der Waals surface area contributed by atoms with Gasteiger partial charge >= 0.3 is 6.36 Å². The minimum Gasteiger partial charge on any atom is -0.490 e. The Bertz CT molecular complexity index is 492. The summed E-state index contributed by atoms with van der Waals surface area (Å²) in [6, 6.07) is 4.39. The zero-order chi connectivity index (χ0) is 15.9. The normalized spacial score (nSPS) is 12.3. The summed E-state index contributed by atoms with van der Waals surface area (Å²) < 4.78 is 49.5. The zero-order valence-corrected chi connectivity index (χ0v) is 11.2. The van der Waals surface area contributed by atoms with Crippen LogP contribution in [0.25, 0.3) is 0 Å². The van der Waals surface area contributed by atoms with Crippen LogP contribution in [0.5, 0.6) is 11.5 Å². The molecule has 6 nitrogen and oxygen atoms in total. The van der Waals surface area contributed by atoms with E-state index in [1.165, 1.54) is 18.2 Å². The number of hydrogen-bond donors (Lipinski definition) is 2. The molecule has 0 saturated carbocycles. The molecule has 1 rings (SSSR count). The molecule has 1 aromatic rings. The molecule has 21 heavy (non-hydrogen) atoms. The number of oxime groups is 1. The van der Waals surface area contributed by atoms with Gasteiger partial charge in [-0.15, -0.1) is 13.2 Å². The van der Waals surface area contributed by atoms with Gasteiger partial charge in [-0.2, -0.15) is 0 Å². The Morgan fingerprint density at radius 3 is 2.52 bits per heavy atom. The largest absolute Gasteiger partial charge is 0.522 e. The minimum absolute atomic E-state index is 0.122. The average Bonchev–Trinajstić information content (AvgIpc) is 2.43. The maximum absolute atomic E-state index is 11.8. The predicted octanol–water partition coefficient (Wildman–Crippen LogP) is 2.10. The molecule has 0 atom stereocenters. The van der Waals surface area contributed by atoms with Crippen LogP contribution in [0.3, 0.4) is 0 Å². The van der Waals surface area contributed by atoms with E-state index in [4.69, 9.17) is 20.4 Å². The molecule has 0 bridgehead atoms. The molecule has 0 spiro atoms.